The van der Waals surface area contributed by atoms with Crippen molar-refractivity contribution >= 4 is 41.2 Å². The summed E-state index contributed by atoms with van der Waals surface area (Å²) in [5, 5.41) is 11.8. The molecule has 0 unspecified atom stereocenters. The van der Waals surface area contributed by atoms with Crippen LogP contribution < -0.4 is 10.7 Å². The Morgan fingerprint density at radius 1 is 0.786 bits per heavy atom. The molecule has 1 aromatic heterocycles. The number of aliphatic imine (C=N–C) groups is 3. The van der Waals surface area contributed by atoms with Gasteiger partial charge in [-0.15, -0.1) is 0 Å². The van der Waals surface area contributed by atoms with E-state index in [0.29, 0.717) is 35.5 Å². The number of hydrogen-bond acceptors (Lipinski definition) is 8. The van der Waals surface area contributed by atoms with Gasteiger partial charge in [0.15, 0.2) is 0 Å². The lowest BCUT2D eigenvalue weighted by atomic mass is 9.96. The van der Waals surface area contributed by atoms with E-state index in [1.165, 1.54) is 14.2 Å². The van der Waals surface area contributed by atoms with Gasteiger partial charge in [-0.25, -0.2) is 15.0 Å². The van der Waals surface area contributed by atoms with E-state index in [1.807, 2.05) is 58.1 Å². The molecule has 5 rings (SSSR count). The van der Waals surface area contributed by atoms with Gasteiger partial charge in [-0.2, -0.15) is 0 Å². The minimum Gasteiger partial charge on any atom is -0.515 e. The van der Waals surface area contributed by atoms with Crippen LogP contribution in [-0.2, 0) is 19.1 Å². The number of aliphatic hydroxyl groups is 1. The van der Waals surface area contributed by atoms with E-state index in [1.54, 1.807) is 0 Å². The molecule has 0 spiro atoms. The Hall–Kier alpha value is -4.79. The molecule has 0 atom stereocenters. The van der Waals surface area contributed by atoms with Crippen molar-refractivity contribution in [2.75, 3.05) is 14.2 Å². The number of ether oxygens (including phenoxy) is 2. The van der Waals surface area contributed by atoms with Crippen LogP contribution in [0.2, 0.25) is 0 Å². The number of aromatic nitrogens is 1. The van der Waals surface area contributed by atoms with Crippen LogP contribution in [0, 0.1) is 6.92 Å². The zero-order valence-electron chi connectivity index (χ0n) is 24.7. The largest absolute Gasteiger partial charge is 0.515 e. The van der Waals surface area contributed by atoms with Crippen molar-refractivity contribution in [1.29, 1.82) is 0 Å². The Labute approximate surface area is 244 Å². The minimum absolute atomic E-state index is 0.204. The molecule has 4 aliphatic rings. The normalized spacial score (nSPS) is 18.8. The SMILES string of the molecule is COC(=O)CCC1=C(C)C2=NC1=CC1=NC(=CC3=C(C)/C(=C/O)C(=N3)C=c3[nH]c(cc3C)=C2)C(C)=C1CCC(=O)OC. The summed E-state index contributed by atoms with van der Waals surface area (Å²) in [7, 11) is 2.76. The number of aliphatic hydroxyl groups excluding tert-OH is 1. The number of aryl methyl sites for hydroxylation is 1. The number of esters is 2. The molecule has 0 amide bonds. The van der Waals surface area contributed by atoms with Gasteiger partial charge in [-0.05, 0) is 104 Å². The Kier molecular flexibility index (Phi) is 7.93. The minimum atomic E-state index is -0.305. The third kappa shape index (κ3) is 5.42. The molecule has 42 heavy (non-hydrogen) atoms. The fraction of sp³-hybridized carbons (Fsp3) is 0.303. The molecule has 4 aliphatic heterocycles. The van der Waals surface area contributed by atoms with E-state index in [9.17, 15) is 14.7 Å². The van der Waals surface area contributed by atoms with Crippen molar-refractivity contribution < 1.29 is 24.2 Å². The van der Waals surface area contributed by atoms with Gasteiger partial charge in [-0.1, -0.05) is 0 Å². The van der Waals surface area contributed by atoms with Gasteiger partial charge >= 0.3 is 11.9 Å². The molecule has 216 valence electrons. The van der Waals surface area contributed by atoms with Crippen molar-refractivity contribution in [1.82, 2.24) is 4.98 Å². The summed E-state index contributed by atoms with van der Waals surface area (Å²) in [6.45, 7) is 7.91. The van der Waals surface area contributed by atoms with Gasteiger partial charge in [0.1, 0.15) is 0 Å². The first-order valence-corrected chi connectivity index (χ1v) is 13.8. The highest BCUT2D eigenvalue weighted by molar-refractivity contribution is 6.25. The highest BCUT2D eigenvalue weighted by atomic mass is 16.5. The van der Waals surface area contributed by atoms with Crippen LogP contribution >= 0.6 is 0 Å². The third-order valence-corrected chi connectivity index (χ3v) is 8.02. The second-order valence-electron chi connectivity index (χ2n) is 10.6. The number of methoxy groups -OCH3 is 2. The Balaban J connectivity index is 1.75. The monoisotopic (exact) mass is 566 g/mol. The summed E-state index contributed by atoms with van der Waals surface area (Å²) in [6, 6.07) is 2.04. The van der Waals surface area contributed by atoms with Gasteiger partial charge < -0.3 is 19.6 Å². The molecular weight excluding hydrogens is 532 g/mol. The summed E-state index contributed by atoms with van der Waals surface area (Å²) < 4.78 is 9.81. The van der Waals surface area contributed by atoms with E-state index in [4.69, 9.17) is 24.5 Å². The van der Waals surface area contributed by atoms with Crippen LogP contribution in [0.15, 0.2) is 90.0 Å². The number of aromatic amines is 1. The van der Waals surface area contributed by atoms with Gasteiger partial charge in [-0.3, -0.25) is 9.59 Å². The second-order valence-corrected chi connectivity index (χ2v) is 10.6. The first-order chi connectivity index (χ1) is 20.1. The molecular formula is C33H34N4O5. The van der Waals surface area contributed by atoms with Crippen molar-refractivity contribution in [2.24, 2.45) is 15.0 Å². The highest BCUT2D eigenvalue weighted by Crippen LogP contribution is 2.36. The number of allylic oxidation sites excluding steroid dienone is 8. The first kappa shape index (κ1) is 28.7. The lowest BCUT2D eigenvalue weighted by Gasteiger charge is -2.08. The lowest BCUT2D eigenvalue weighted by Crippen LogP contribution is -2.15. The first-order valence-electron chi connectivity index (χ1n) is 13.8. The maximum Gasteiger partial charge on any atom is 0.305 e. The quantitative estimate of drug-likeness (QED) is 0.393. The average molecular weight is 567 g/mol. The molecule has 0 radical (unpaired) electrons. The van der Waals surface area contributed by atoms with Crippen molar-refractivity contribution in [3.8, 4) is 0 Å². The molecule has 2 N–H and O–H groups in total. The molecule has 0 aliphatic carbocycles. The molecule has 1 aromatic rings. The molecule has 0 aromatic carbocycles. The maximum atomic E-state index is 12.1. The molecule has 0 saturated carbocycles. The smallest absolute Gasteiger partial charge is 0.305 e. The summed E-state index contributed by atoms with van der Waals surface area (Å²) in [6.07, 6.45) is 10.2. The van der Waals surface area contributed by atoms with Crippen molar-refractivity contribution in [3.05, 3.63) is 91.3 Å². The Morgan fingerprint density at radius 3 is 2.12 bits per heavy atom. The number of nitrogens with zero attached hydrogens (tertiary/aromatic N) is 3. The zero-order chi connectivity index (χ0) is 30.1. The van der Waals surface area contributed by atoms with E-state index in [-0.39, 0.29) is 24.8 Å². The Bertz CT molecular complexity index is 1820. The summed E-state index contributed by atoms with van der Waals surface area (Å²) in [4.78, 5) is 42.4. The van der Waals surface area contributed by atoms with E-state index >= 15 is 0 Å². The predicted octanol–water partition coefficient (Wildman–Crippen LogP) is 4.28. The van der Waals surface area contributed by atoms with E-state index < -0.39 is 0 Å². The highest BCUT2D eigenvalue weighted by Gasteiger charge is 2.27. The zero-order valence-corrected chi connectivity index (χ0v) is 24.7. The lowest BCUT2D eigenvalue weighted by molar-refractivity contribution is -0.141. The van der Waals surface area contributed by atoms with Crippen molar-refractivity contribution in [3.63, 3.8) is 0 Å². The van der Waals surface area contributed by atoms with Gasteiger partial charge in [0.25, 0.3) is 0 Å². The third-order valence-electron chi connectivity index (χ3n) is 8.02. The maximum absolute atomic E-state index is 12.1. The van der Waals surface area contributed by atoms with Crippen LogP contribution in [0.1, 0.15) is 52.0 Å². The molecule has 0 saturated heterocycles. The number of nitrogens with one attached hydrogen (secondary N) is 1. The number of carbonyl (C=O) groups excluding carboxylic acids is 2. The van der Waals surface area contributed by atoms with Crippen LogP contribution in [0.5, 0.6) is 0 Å². The molecule has 8 bridgehead atoms. The van der Waals surface area contributed by atoms with Crippen molar-refractivity contribution in [2.45, 2.75) is 53.4 Å². The number of carbonyl (C=O) groups is 2. The van der Waals surface area contributed by atoms with E-state index in [2.05, 4.69) is 4.98 Å². The van der Waals surface area contributed by atoms with Gasteiger partial charge in [0.05, 0.1) is 54.7 Å². The van der Waals surface area contributed by atoms with Crippen LogP contribution in [-0.4, -0.2) is 53.4 Å². The van der Waals surface area contributed by atoms with Gasteiger partial charge in [0, 0.05) is 29.1 Å². The van der Waals surface area contributed by atoms with Crippen LogP contribution in [0.4, 0.5) is 0 Å². The summed E-state index contributed by atoms with van der Waals surface area (Å²) in [5.74, 6) is -0.597. The number of hydrogen-bond donors (Lipinski definition) is 2. The second kappa shape index (κ2) is 11.6. The molecule has 5 heterocycles. The molecule has 9 heteroatoms. The van der Waals surface area contributed by atoms with Crippen LogP contribution in [0.25, 0.3) is 12.2 Å². The average Bonchev–Trinajstić information content (AvgIpc) is 3.65. The van der Waals surface area contributed by atoms with E-state index in [0.717, 1.165) is 67.5 Å². The summed E-state index contributed by atoms with van der Waals surface area (Å²) in [5.41, 5.74) is 10.5. The Morgan fingerprint density at radius 2 is 1.45 bits per heavy atom. The number of H-pyrrole nitrogens is 1. The van der Waals surface area contributed by atoms with Gasteiger partial charge in [0.2, 0.25) is 0 Å². The summed E-state index contributed by atoms with van der Waals surface area (Å²) >= 11 is 0. The standard InChI is InChI=1S/C33H34N4O5/c1-17-11-21-12-26-18(2)22(7-9-32(39)41-5)29(35-26)15-30-23(8-10-33(40)42-6)19(3)27(36-30)14-28-20(4)24(16-38)31(37-28)13-25(17)34-21/h11-16,34,38H,7-10H2,1-6H3/b21-12?,24-16-,25-13?,27-14?,29-15?. The molecule has 0 fully saturated rings. The fourth-order valence-corrected chi connectivity index (χ4v) is 5.45. The fourth-order valence-electron chi connectivity index (χ4n) is 5.45. The predicted molar refractivity (Wildman–Crippen MR) is 163 cm³/mol. The topological polar surface area (TPSA) is 126 Å². The van der Waals surface area contributed by atoms with Crippen LogP contribution in [0.3, 0.4) is 0 Å². The number of fused-ring (bicyclic) bond motifs is 5. The molecule has 9 nitrogen and oxygen atoms in total. The number of rotatable bonds is 6.